The minimum absolute atomic E-state index is 0.164. The maximum absolute atomic E-state index is 13.4. The van der Waals surface area contributed by atoms with Crippen LogP contribution in [0.3, 0.4) is 0 Å². The summed E-state index contributed by atoms with van der Waals surface area (Å²) in [6.45, 7) is 7.74. The van der Waals surface area contributed by atoms with Crippen LogP contribution in [0.5, 0.6) is 5.75 Å². The van der Waals surface area contributed by atoms with Gasteiger partial charge in [-0.25, -0.2) is 8.42 Å². The van der Waals surface area contributed by atoms with Crippen LogP contribution in [0.15, 0.2) is 59.5 Å². The number of rotatable bonds is 7. The maximum Gasteiger partial charge on any atom is 0.311 e. The van der Waals surface area contributed by atoms with Gasteiger partial charge in [0, 0.05) is 29.7 Å². The van der Waals surface area contributed by atoms with Gasteiger partial charge in [0.05, 0.1) is 16.3 Å². The van der Waals surface area contributed by atoms with E-state index in [0.717, 1.165) is 28.6 Å². The minimum atomic E-state index is -3.79. The Bertz CT molecular complexity index is 1350. The van der Waals surface area contributed by atoms with E-state index in [-0.39, 0.29) is 10.9 Å². The minimum Gasteiger partial charge on any atom is -0.489 e. The largest absolute Gasteiger partial charge is 0.489 e. The lowest BCUT2D eigenvalue weighted by atomic mass is 10.0. The summed E-state index contributed by atoms with van der Waals surface area (Å²) in [5.41, 5.74) is 2.23. The third kappa shape index (κ3) is 5.71. The molecule has 0 aliphatic heterocycles. The van der Waals surface area contributed by atoms with E-state index >= 15 is 0 Å². The average molecular weight is 511 g/mol. The average Bonchev–Trinajstić information content (AvgIpc) is 3.31. The molecular formula is C28H34N2O5S. The first-order valence-electron chi connectivity index (χ1n) is 12.2. The first-order chi connectivity index (χ1) is 17.0. The molecule has 192 valence electrons. The highest BCUT2D eigenvalue weighted by Crippen LogP contribution is 2.34. The maximum atomic E-state index is 13.4. The van der Waals surface area contributed by atoms with Gasteiger partial charge in [0.2, 0.25) is 10.0 Å². The molecule has 1 aliphatic rings. The molecule has 0 spiro atoms. The Kier molecular flexibility index (Phi) is 7.38. The van der Waals surface area contributed by atoms with E-state index in [0.29, 0.717) is 25.2 Å². The van der Waals surface area contributed by atoms with E-state index in [1.807, 2.05) is 58.0 Å². The molecule has 1 aromatic heterocycles. The molecule has 1 fully saturated rings. The molecule has 36 heavy (non-hydrogen) atoms. The van der Waals surface area contributed by atoms with Crippen molar-refractivity contribution in [2.75, 3.05) is 7.05 Å². The van der Waals surface area contributed by atoms with Crippen LogP contribution in [0.2, 0.25) is 0 Å². The van der Waals surface area contributed by atoms with Crippen LogP contribution in [0.4, 0.5) is 0 Å². The van der Waals surface area contributed by atoms with Gasteiger partial charge in [0.15, 0.2) is 0 Å². The highest BCUT2D eigenvalue weighted by atomic mass is 32.2. The van der Waals surface area contributed by atoms with Gasteiger partial charge >= 0.3 is 5.97 Å². The van der Waals surface area contributed by atoms with Crippen LogP contribution >= 0.6 is 0 Å². The number of fused-ring (bicyclic) bond motifs is 1. The van der Waals surface area contributed by atoms with Crippen molar-refractivity contribution in [1.82, 2.24) is 9.29 Å². The number of aromatic nitrogens is 1. The van der Waals surface area contributed by atoms with Crippen molar-refractivity contribution in [3.63, 3.8) is 0 Å². The molecule has 8 heteroatoms. The quantitative estimate of drug-likeness (QED) is 0.404. The highest BCUT2D eigenvalue weighted by molar-refractivity contribution is 7.89. The van der Waals surface area contributed by atoms with Crippen LogP contribution in [-0.2, 0) is 26.2 Å². The number of hydrogen-bond donors (Lipinski definition) is 0. The number of benzene rings is 2. The summed E-state index contributed by atoms with van der Waals surface area (Å²) in [5.74, 6) is -0.234. The fraction of sp³-hybridized carbons (Fsp3) is 0.429. The Labute approximate surface area is 213 Å². The van der Waals surface area contributed by atoms with Gasteiger partial charge in [-0.05, 0) is 76.9 Å². The summed E-state index contributed by atoms with van der Waals surface area (Å²) in [6, 6.07) is 15.9. The predicted molar refractivity (Wildman–Crippen MR) is 139 cm³/mol. The molecule has 2 unspecified atom stereocenters. The molecular weight excluding hydrogens is 476 g/mol. The summed E-state index contributed by atoms with van der Waals surface area (Å²) in [7, 11) is -2.24. The van der Waals surface area contributed by atoms with Crippen LogP contribution in [0.1, 0.15) is 51.3 Å². The number of carbonyl (C=O) groups excluding carboxylic acids is 1. The molecule has 0 amide bonds. The van der Waals surface area contributed by atoms with Crippen molar-refractivity contribution in [2.24, 2.45) is 5.92 Å². The molecule has 1 heterocycles. The molecule has 2 atom stereocenters. The van der Waals surface area contributed by atoms with Gasteiger partial charge in [0.1, 0.15) is 18.0 Å². The first kappa shape index (κ1) is 26.1. The molecule has 0 saturated heterocycles. The van der Waals surface area contributed by atoms with Crippen LogP contribution < -0.4 is 4.74 Å². The molecule has 0 N–H and O–H groups in total. The third-order valence-electron chi connectivity index (χ3n) is 6.48. The summed E-state index contributed by atoms with van der Waals surface area (Å²) < 4.78 is 39.6. The monoisotopic (exact) mass is 510 g/mol. The van der Waals surface area contributed by atoms with Crippen molar-refractivity contribution < 1.29 is 22.7 Å². The number of esters is 1. The van der Waals surface area contributed by atoms with Crippen LogP contribution in [0, 0.1) is 12.8 Å². The lowest BCUT2D eigenvalue weighted by Crippen LogP contribution is -2.43. The number of nitrogens with zero attached hydrogens (tertiary/aromatic N) is 2. The van der Waals surface area contributed by atoms with Crippen molar-refractivity contribution in [1.29, 1.82) is 0 Å². The van der Waals surface area contributed by atoms with Crippen molar-refractivity contribution in [3.05, 3.63) is 65.9 Å². The fourth-order valence-electron chi connectivity index (χ4n) is 4.76. The molecule has 4 rings (SSSR count). The van der Waals surface area contributed by atoms with Crippen LogP contribution in [-0.4, -0.2) is 42.4 Å². The Balaban J connectivity index is 1.46. The third-order valence-corrected chi connectivity index (χ3v) is 8.38. The van der Waals surface area contributed by atoms with E-state index in [2.05, 4.69) is 4.98 Å². The Morgan fingerprint density at radius 1 is 1.08 bits per heavy atom. The van der Waals surface area contributed by atoms with E-state index < -0.39 is 27.6 Å². The number of ether oxygens (including phenoxy) is 2. The number of para-hydroxylation sites is 1. The van der Waals surface area contributed by atoms with E-state index in [9.17, 15) is 13.2 Å². The second-order valence-electron chi connectivity index (χ2n) is 10.4. The smallest absolute Gasteiger partial charge is 0.311 e. The fourth-order valence-corrected chi connectivity index (χ4v) is 6.18. The summed E-state index contributed by atoms with van der Waals surface area (Å²) in [4.78, 5) is 17.4. The predicted octanol–water partition coefficient (Wildman–Crippen LogP) is 5.25. The molecule has 7 nitrogen and oxygen atoms in total. The number of sulfonamides is 1. The van der Waals surface area contributed by atoms with Gasteiger partial charge < -0.3 is 9.47 Å². The molecule has 1 saturated carbocycles. The Morgan fingerprint density at radius 2 is 1.78 bits per heavy atom. The van der Waals surface area contributed by atoms with Gasteiger partial charge in [-0.3, -0.25) is 9.78 Å². The summed E-state index contributed by atoms with van der Waals surface area (Å²) >= 11 is 0. The number of carbonyl (C=O) groups is 1. The molecule has 1 aliphatic carbocycles. The van der Waals surface area contributed by atoms with E-state index in [1.165, 1.54) is 4.31 Å². The number of aryl methyl sites for hydroxylation is 1. The Hall–Kier alpha value is -2.97. The lowest BCUT2D eigenvalue weighted by molar-refractivity contribution is -0.161. The normalized spacial score (nSPS) is 18.5. The van der Waals surface area contributed by atoms with Gasteiger partial charge in [-0.15, -0.1) is 0 Å². The number of pyridine rings is 1. The Morgan fingerprint density at radius 3 is 2.47 bits per heavy atom. The SMILES string of the molecule is Cc1cc(COc2ccc(S(=O)(=O)N(C)C3CCCC3C(=O)OC(C)(C)C)cc2)c2ccccc2n1. The zero-order valence-corrected chi connectivity index (χ0v) is 22.3. The zero-order valence-electron chi connectivity index (χ0n) is 21.5. The number of hydrogen-bond acceptors (Lipinski definition) is 6. The second-order valence-corrected chi connectivity index (χ2v) is 12.4. The first-order valence-corrected chi connectivity index (χ1v) is 13.7. The van der Waals surface area contributed by atoms with Gasteiger partial charge in [-0.2, -0.15) is 4.31 Å². The molecule has 3 aromatic rings. The summed E-state index contributed by atoms with van der Waals surface area (Å²) in [5, 5.41) is 1.03. The van der Waals surface area contributed by atoms with Crippen molar-refractivity contribution in [3.8, 4) is 5.75 Å². The molecule has 0 radical (unpaired) electrons. The molecule has 0 bridgehead atoms. The van der Waals surface area contributed by atoms with Crippen molar-refractivity contribution in [2.45, 2.75) is 70.1 Å². The van der Waals surface area contributed by atoms with Crippen LogP contribution in [0.25, 0.3) is 10.9 Å². The van der Waals surface area contributed by atoms with Gasteiger partial charge in [-0.1, -0.05) is 24.6 Å². The second kappa shape index (κ2) is 10.2. The van der Waals surface area contributed by atoms with E-state index in [1.54, 1.807) is 31.3 Å². The lowest BCUT2D eigenvalue weighted by Gasteiger charge is -2.30. The highest BCUT2D eigenvalue weighted by Gasteiger charge is 2.42. The zero-order chi connectivity index (χ0) is 26.1. The summed E-state index contributed by atoms with van der Waals surface area (Å²) in [6.07, 6.45) is 2.03. The topological polar surface area (TPSA) is 85.8 Å². The molecule has 2 aromatic carbocycles. The van der Waals surface area contributed by atoms with Crippen molar-refractivity contribution >= 4 is 26.9 Å². The van der Waals surface area contributed by atoms with E-state index in [4.69, 9.17) is 9.47 Å². The standard InChI is InChI=1S/C28H34N2O5S/c1-19-17-20(23-9-6-7-11-25(23)29-19)18-34-21-13-15-22(16-14-21)36(32,33)30(5)26-12-8-10-24(26)27(31)35-28(2,3)4/h6-7,9,11,13-17,24,26H,8,10,12,18H2,1-5H3. The van der Waals surface area contributed by atoms with Gasteiger partial charge in [0.25, 0.3) is 0 Å².